The van der Waals surface area contributed by atoms with Gasteiger partial charge in [-0.05, 0) is 36.2 Å². The van der Waals surface area contributed by atoms with Gasteiger partial charge < -0.3 is 19.7 Å². The maximum Gasteiger partial charge on any atom is 0.118 e. The number of aliphatic hydroxyl groups excluding tert-OH is 2. The molecule has 142 valence electrons. The van der Waals surface area contributed by atoms with E-state index in [1.54, 1.807) is 19.2 Å². The van der Waals surface area contributed by atoms with Crippen molar-refractivity contribution in [2.75, 3.05) is 19.5 Å². The Labute approximate surface area is 157 Å². The minimum atomic E-state index is -1.27. The van der Waals surface area contributed by atoms with Crippen molar-refractivity contribution in [3.63, 3.8) is 0 Å². The molecule has 3 atom stereocenters. The zero-order chi connectivity index (χ0) is 18.8. The third-order valence-electron chi connectivity index (χ3n) is 3.92. The Balaban J connectivity index is 1.63. The van der Waals surface area contributed by atoms with Crippen molar-refractivity contribution in [1.82, 2.24) is 0 Å². The largest absolute Gasteiger partial charge is 0.497 e. The molecule has 6 heteroatoms. The number of hydrogen-bond donors (Lipinski definition) is 2. The van der Waals surface area contributed by atoms with Crippen LogP contribution < -0.4 is 4.74 Å². The summed E-state index contributed by atoms with van der Waals surface area (Å²) < 4.78 is 22.8. The van der Waals surface area contributed by atoms with E-state index >= 15 is 0 Å². The van der Waals surface area contributed by atoms with Gasteiger partial charge in [0.2, 0.25) is 0 Å². The molecule has 2 N–H and O–H groups in total. The lowest BCUT2D eigenvalue weighted by atomic mass is 10.1. The van der Waals surface area contributed by atoms with E-state index in [0.29, 0.717) is 24.5 Å². The van der Waals surface area contributed by atoms with Crippen molar-refractivity contribution >= 4 is 10.8 Å². The predicted octanol–water partition coefficient (Wildman–Crippen LogP) is 2.52. The van der Waals surface area contributed by atoms with Gasteiger partial charge in [-0.25, -0.2) is 0 Å². The van der Waals surface area contributed by atoms with Crippen LogP contribution in [0.5, 0.6) is 5.75 Å². The summed E-state index contributed by atoms with van der Waals surface area (Å²) in [4.78, 5) is 0.684. The molecule has 0 aliphatic rings. The molecule has 0 aliphatic heterocycles. The maximum atomic E-state index is 12.1. The van der Waals surface area contributed by atoms with Crippen molar-refractivity contribution in [1.29, 1.82) is 0 Å². The molecule has 2 rings (SSSR count). The van der Waals surface area contributed by atoms with Crippen molar-refractivity contribution in [2.24, 2.45) is 0 Å². The van der Waals surface area contributed by atoms with Gasteiger partial charge in [-0.1, -0.05) is 30.3 Å². The number of aliphatic hydroxyl groups is 2. The highest BCUT2D eigenvalue weighted by Crippen LogP contribution is 2.13. The average Bonchev–Trinajstić information content (AvgIpc) is 2.66. The van der Waals surface area contributed by atoms with E-state index in [9.17, 15) is 14.4 Å². The fourth-order valence-electron chi connectivity index (χ4n) is 2.47. The molecule has 26 heavy (non-hydrogen) atoms. The van der Waals surface area contributed by atoms with Crippen molar-refractivity contribution < 1.29 is 23.9 Å². The van der Waals surface area contributed by atoms with Crippen LogP contribution in [0.4, 0.5) is 0 Å². The lowest BCUT2D eigenvalue weighted by Crippen LogP contribution is -2.24. The Bertz CT molecular complexity index is 660. The van der Waals surface area contributed by atoms with Crippen molar-refractivity contribution in [3.8, 4) is 5.75 Å². The van der Waals surface area contributed by atoms with Crippen molar-refractivity contribution in [3.05, 3.63) is 60.2 Å². The van der Waals surface area contributed by atoms with Crippen LogP contribution in [-0.2, 0) is 22.1 Å². The molecule has 0 bridgehead atoms. The highest BCUT2D eigenvalue weighted by atomic mass is 32.2. The SMILES string of the molecule is COc1ccc(COCC[C@@H](O)C[C@@H](O)C[S@@](=O)c2ccccc2)cc1. The van der Waals surface area contributed by atoms with E-state index in [2.05, 4.69) is 0 Å². The van der Waals surface area contributed by atoms with Gasteiger partial charge in [0.1, 0.15) is 5.75 Å². The molecule has 0 saturated carbocycles. The maximum absolute atomic E-state index is 12.1. The summed E-state index contributed by atoms with van der Waals surface area (Å²) in [5.41, 5.74) is 1.03. The second-order valence-corrected chi connectivity index (χ2v) is 7.55. The van der Waals surface area contributed by atoms with Gasteiger partial charge in [-0.3, -0.25) is 4.21 Å². The van der Waals surface area contributed by atoms with Crippen LogP contribution in [0.25, 0.3) is 0 Å². The standard InChI is InChI=1S/C20H26O5S/c1-24-19-9-7-16(8-10-19)14-25-12-11-17(21)13-18(22)15-26(23)20-5-3-2-4-6-20/h2-10,17-18,21-22H,11-15H2,1H3/t17-,18-,26-/m1/s1. The van der Waals surface area contributed by atoms with Crippen LogP contribution in [-0.4, -0.2) is 46.1 Å². The monoisotopic (exact) mass is 378 g/mol. The summed E-state index contributed by atoms with van der Waals surface area (Å²) in [6.07, 6.45) is -0.892. The lowest BCUT2D eigenvalue weighted by molar-refractivity contribution is 0.0470. The third-order valence-corrected chi connectivity index (χ3v) is 5.40. The number of hydrogen-bond acceptors (Lipinski definition) is 5. The highest BCUT2D eigenvalue weighted by Gasteiger charge is 2.16. The summed E-state index contributed by atoms with van der Waals surface area (Å²) in [5, 5.41) is 20.0. The van der Waals surface area contributed by atoms with Gasteiger partial charge in [0, 0.05) is 17.9 Å². The molecule has 0 heterocycles. The Kier molecular flexibility index (Phi) is 8.77. The van der Waals surface area contributed by atoms with Crippen LogP contribution in [0.1, 0.15) is 18.4 Å². The minimum absolute atomic E-state index is 0.119. The van der Waals surface area contributed by atoms with E-state index in [1.807, 2.05) is 42.5 Å². The molecule has 0 radical (unpaired) electrons. The molecule has 0 fully saturated rings. The Morgan fingerprint density at radius 3 is 2.35 bits per heavy atom. The second-order valence-electron chi connectivity index (χ2n) is 6.06. The fraction of sp³-hybridized carbons (Fsp3) is 0.400. The molecule has 5 nitrogen and oxygen atoms in total. The first-order valence-electron chi connectivity index (χ1n) is 8.58. The molecule has 0 unspecified atom stereocenters. The number of rotatable bonds is 11. The van der Waals surface area contributed by atoms with E-state index in [-0.39, 0.29) is 12.2 Å². The molecular weight excluding hydrogens is 352 g/mol. The molecule has 2 aromatic rings. The van der Waals surface area contributed by atoms with E-state index in [4.69, 9.17) is 9.47 Å². The summed E-state index contributed by atoms with van der Waals surface area (Å²) >= 11 is 0. The van der Waals surface area contributed by atoms with Gasteiger partial charge >= 0.3 is 0 Å². The Hall–Kier alpha value is -1.73. The molecular formula is C20H26O5S. The third kappa shape index (κ3) is 7.25. The summed E-state index contributed by atoms with van der Waals surface area (Å²) in [5.74, 6) is 0.916. The van der Waals surface area contributed by atoms with Gasteiger partial charge in [-0.2, -0.15) is 0 Å². The molecule has 0 spiro atoms. The smallest absolute Gasteiger partial charge is 0.118 e. The summed E-state index contributed by atoms with van der Waals surface area (Å²) in [6, 6.07) is 16.6. The first kappa shape index (κ1) is 20.6. The highest BCUT2D eigenvalue weighted by molar-refractivity contribution is 7.85. The average molecular weight is 378 g/mol. The van der Waals surface area contributed by atoms with Crippen LogP contribution >= 0.6 is 0 Å². The van der Waals surface area contributed by atoms with Crippen LogP contribution in [0.2, 0.25) is 0 Å². The van der Waals surface area contributed by atoms with Crippen LogP contribution in [0.15, 0.2) is 59.5 Å². The van der Waals surface area contributed by atoms with Gasteiger partial charge in [-0.15, -0.1) is 0 Å². The van der Waals surface area contributed by atoms with E-state index in [0.717, 1.165) is 11.3 Å². The van der Waals surface area contributed by atoms with E-state index in [1.165, 1.54) is 0 Å². The predicted molar refractivity (Wildman–Crippen MR) is 102 cm³/mol. The molecule has 0 saturated heterocycles. The van der Waals surface area contributed by atoms with Crippen LogP contribution in [0.3, 0.4) is 0 Å². The zero-order valence-electron chi connectivity index (χ0n) is 14.9. The quantitative estimate of drug-likeness (QED) is 0.588. The normalized spacial score (nSPS) is 14.6. The topological polar surface area (TPSA) is 76.0 Å². The van der Waals surface area contributed by atoms with Crippen LogP contribution in [0, 0.1) is 0 Å². The summed E-state index contributed by atoms with van der Waals surface area (Å²) in [6.45, 7) is 0.846. The Morgan fingerprint density at radius 1 is 1.00 bits per heavy atom. The zero-order valence-corrected chi connectivity index (χ0v) is 15.7. The minimum Gasteiger partial charge on any atom is -0.497 e. The van der Waals surface area contributed by atoms with Gasteiger partial charge in [0.25, 0.3) is 0 Å². The van der Waals surface area contributed by atoms with Gasteiger partial charge in [0.15, 0.2) is 0 Å². The lowest BCUT2D eigenvalue weighted by Gasteiger charge is -2.15. The number of ether oxygens (including phenoxy) is 2. The first-order valence-corrected chi connectivity index (χ1v) is 9.90. The number of benzene rings is 2. The second kappa shape index (κ2) is 11.1. The van der Waals surface area contributed by atoms with E-state index < -0.39 is 23.0 Å². The van der Waals surface area contributed by atoms with Gasteiger partial charge in [0.05, 0.1) is 42.5 Å². The summed E-state index contributed by atoms with van der Waals surface area (Å²) in [7, 11) is 0.354. The Morgan fingerprint density at radius 2 is 1.69 bits per heavy atom. The molecule has 0 aromatic heterocycles. The van der Waals surface area contributed by atoms with Crippen molar-refractivity contribution in [2.45, 2.75) is 36.6 Å². The molecule has 0 amide bonds. The molecule has 0 aliphatic carbocycles. The first-order chi connectivity index (χ1) is 12.6. The number of methoxy groups -OCH3 is 1. The molecule has 2 aromatic carbocycles. The fourth-order valence-corrected chi connectivity index (χ4v) is 3.61.